The molecule has 20 heavy (non-hydrogen) atoms. The maximum Gasteiger partial charge on any atom is 0.424 e. The number of aryl methyl sites for hydroxylation is 1. The van der Waals surface area contributed by atoms with E-state index in [2.05, 4.69) is 5.43 Å². The molecule has 0 saturated carbocycles. The van der Waals surface area contributed by atoms with Gasteiger partial charge in [0, 0.05) is 5.56 Å². The molecule has 1 aromatic carbocycles. The summed E-state index contributed by atoms with van der Waals surface area (Å²) in [5, 5.41) is 0. The summed E-state index contributed by atoms with van der Waals surface area (Å²) >= 11 is 0. The first-order valence-corrected chi connectivity index (χ1v) is 6.24. The molecule has 1 amide bonds. The molecule has 0 atom stereocenters. The largest absolute Gasteiger partial charge is 0.457 e. The molecular formula is C14H16N3O3+. The first-order valence-electron chi connectivity index (χ1n) is 6.24. The zero-order valence-electron chi connectivity index (χ0n) is 11.4. The molecular weight excluding hydrogens is 258 g/mol. The van der Waals surface area contributed by atoms with Crippen LogP contribution >= 0.6 is 0 Å². The van der Waals surface area contributed by atoms with Crippen LogP contribution in [-0.4, -0.2) is 23.2 Å². The van der Waals surface area contributed by atoms with Gasteiger partial charge in [-0.25, -0.2) is 9.36 Å². The van der Waals surface area contributed by atoms with Gasteiger partial charge in [-0.2, -0.15) is 5.43 Å². The van der Waals surface area contributed by atoms with Crippen molar-refractivity contribution in [3.05, 3.63) is 54.1 Å². The minimum atomic E-state index is -0.492. The van der Waals surface area contributed by atoms with Crippen molar-refractivity contribution in [2.45, 2.75) is 6.92 Å². The van der Waals surface area contributed by atoms with Crippen LogP contribution in [0.2, 0.25) is 0 Å². The highest BCUT2D eigenvalue weighted by Crippen LogP contribution is 2.01. The number of carbonyl (C=O) groups is 2. The number of hydrogen-bond acceptors (Lipinski definition) is 3. The Balaban J connectivity index is 2.22. The molecule has 1 heterocycles. The summed E-state index contributed by atoms with van der Waals surface area (Å²) in [6.45, 7) is 2.00. The Bertz CT molecular complexity index is 620. The summed E-state index contributed by atoms with van der Waals surface area (Å²) in [6.07, 6.45) is 3.25. The number of benzene rings is 1. The van der Waals surface area contributed by atoms with Crippen LogP contribution in [0, 0.1) is 0 Å². The van der Waals surface area contributed by atoms with E-state index in [-0.39, 0.29) is 18.3 Å². The zero-order chi connectivity index (χ0) is 14.5. The maximum absolute atomic E-state index is 12.1. The fraction of sp³-hybridized carbons (Fsp3) is 0.214. The lowest BCUT2D eigenvalue weighted by Crippen LogP contribution is -2.38. The molecule has 1 N–H and O–H groups in total. The normalized spacial score (nSPS) is 10.1. The minimum Gasteiger partial charge on any atom is -0.457 e. The molecule has 0 fully saturated rings. The number of esters is 1. The quantitative estimate of drug-likeness (QED) is 0.664. The Labute approximate surface area is 116 Å². The molecule has 104 valence electrons. The number of nitrogens with zero attached hydrogens (tertiary/aromatic N) is 2. The van der Waals surface area contributed by atoms with Crippen LogP contribution in [0.5, 0.6) is 0 Å². The number of aromatic nitrogens is 2. The Kier molecular flexibility index (Phi) is 4.14. The van der Waals surface area contributed by atoms with Crippen molar-refractivity contribution in [3.63, 3.8) is 0 Å². The van der Waals surface area contributed by atoms with Gasteiger partial charge < -0.3 is 4.74 Å². The number of carbonyl (C=O) groups excluding carboxylic acids is 2. The Morgan fingerprint density at radius 1 is 1.30 bits per heavy atom. The van der Waals surface area contributed by atoms with Crippen molar-refractivity contribution in [2.75, 3.05) is 12.0 Å². The maximum atomic E-state index is 12.1. The van der Waals surface area contributed by atoms with Crippen LogP contribution in [0.25, 0.3) is 0 Å². The van der Waals surface area contributed by atoms with Crippen molar-refractivity contribution >= 4 is 11.9 Å². The lowest BCUT2D eigenvalue weighted by atomic mass is 10.2. The van der Waals surface area contributed by atoms with Gasteiger partial charge in [-0.05, 0) is 19.1 Å². The third kappa shape index (κ3) is 2.85. The highest BCUT2D eigenvalue weighted by Gasteiger charge is 2.26. The standard InChI is InChI=1S/C14H15N3O3/c1-3-20-14(19)13-16(2)9-10-17(13)15-12(18)11-7-5-4-6-8-11/h4-10H,3H2,1-2H3/p+1. The smallest absolute Gasteiger partial charge is 0.424 e. The van der Waals surface area contributed by atoms with E-state index in [1.54, 1.807) is 55.2 Å². The molecule has 0 radical (unpaired) electrons. The van der Waals surface area contributed by atoms with Gasteiger partial charge >= 0.3 is 11.8 Å². The topological polar surface area (TPSA) is 64.2 Å². The molecule has 6 nitrogen and oxygen atoms in total. The second-order valence-electron chi connectivity index (χ2n) is 4.13. The van der Waals surface area contributed by atoms with Crippen molar-refractivity contribution in [2.24, 2.45) is 7.05 Å². The number of hydrogen-bond donors (Lipinski definition) is 1. The van der Waals surface area contributed by atoms with Crippen LogP contribution in [0.1, 0.15) is 27.9 Å². The molecule has 0 unspecified atom stereocenters. The Hall–Kier alpha value is -2.63. The van der Waals surface area contributed by atoms with Gasteiger partial charge in [-0.3, -0.25) is 4.79 Å². The van der Waals surface area contributed by atoms with Gasteiger partial charge in [0.1, 0.15) is 6.20 Å². The highest BCUT2D eigenvalue weighted by atomic mass is 16.5. The van der Waals surface area contributed by atoms with Crippen LogP contribution in [0.3, 0.4) is 0 Å². The van der Waals surface area contributed by atoms with E-state index in [1.165, 1.54) is 4.68 Å². The number of nitrogens with one attached hydrogen (secondary N) is 1. The predicted octanol–water partition coefficient (Wildman–Crippen LogP) is 0.873. The van der Waals surface area contributed by atoms with E-state index in [9.17, 15) is 9.59 Å². The monoisotopic (exact) mass is 274 g/mol. The lowest BCUT2D eigenvalue weighted by Gasteiger charge is -2.04. The minimum absolute atomic E-state index is 0.246. The zero-order valence-corrected chi connectivity index (χ0v) is 11.4. The number of amides is 1. The number of imidazole rings is 1. The van der Waals surface area contributed by atoms with Gasteiger partial charge in [0.05, 0.1) is 13.7 Å². The molecule has 6 heteroatoms. The molecule has 1 aromatic heterocycles. The summed E-state index contributed by atoms with van der Waals surface area (Å²) in [5.74, 6) is -0.545. The van der Waals surface area contributed by atoms with Crippen LogP contribution in [0.4, 0.5) is 0 Å². The van der Waals surface area contributed by atoms with Crippen molar-refractivity contribution in [1.82, 2.24) is 4.68 Å². The molecule has 0 spiro atoms. The third-order valence-corrected chi connectivity index (χ3v) is 2.72. The number of ether oxygens (including phenoxy) is 1. The Morgan fingerprint density at radius 3 is 2.65 bits per heavy atom. The molecule has 0 bridgehead atoms. The van der Waals surface area contributed by atoms with Crippen molar-refractivity contribution < 1.29 is 18.9 Å². The molecule has 2 rings (SSSR count). The van der Waals surface area contributed by atoms with E-state index in [0.29, 0.717) is 5.56 Å². The van der Waals surface area contributed by atoms with E-state index in [0.717, 1.165) is 0 Å². The Morgan fingerprint density at radius 2 is 2.00 bits per heavy atom. The number of rotatable bonds is 4. The van der Waals surface area contributed by atoms with Crippen LogP contribution in [0.15, 0.2) is 42.7 Å². The first kappa shape index (κ1) is 13.8. The second kappa shape index (κ2) is 6.01. The summed E-state index contributed by atoms with van der Waals surface area (Å²) in [4.78, 5) is 23.9. The fourth-order valence-corrected chi connectivity index (χ4v) is 1.77. The lowest BCUT2D eigenvalue weighted by molar-refractivity contribution is -0.673. The second-order valence-corrected chi connectivity index (χ2v) is 4.13. The summed E-state index contributed by atoms with van der Waals surface area (Å²) < 4.78 is 7.90. The highest BCUT2D eigenvalue weighted by molar-refractivity contribution is 6.00. The van der Waals surface area contributed by atoms with E-state index in [4.69, 9.17) is 4.74 Å². The van der Waals surface area contributed by atoms with Gasteiger partial charge in [0.2, 0.25) is 0 Å². The van der Waals surface area contributed by atoms with Gasteiger partial charge in [0.15, 0.2) is 6.20 Å². The SMILES string of the molecule is CCOC(=O)c1n(NC(=O)c2ccccc2)cc[n+]1C. The summed E-state index contributed by atoms with van der Waals surface area (Å²) in [6, 6.07) is 8.77. The molecule has 0 aliphatic carbocycles. The molecule has 0 saturated heterocycles. The van der Waals surface area contributed by atoms with Gasteiger partial charge in [0.25, 0.3) is 5.91 Å². The summed E-state index contributed by atoms with van der Waals surface area (Å²) in [7, 11) is 1.71. The van der Waals surface area contributed by atoms with E-state index < -0.39 is 5.97 Å². The van der Waals surface area contributed by atoms with Crippen molar-refractivity contribution in [1.29, 1.82) is 0 Å². The molecule has 2 aromatic rings. The van der Waals surface area contributed by atoms with Crippen LogP contribution < -0.4 is 9.99 Å². The van der Waals surface area contributed by atoms with Crippen LogP contribution in [-0.2, 0) is 11.8 Å². The average Bonchev–Trinajstić information content (AvgIpc) is 2.81. The van der Waals surface area contributed by atoms with E-state index >= 15 is 0 Å². The first-order chi connectivity index (χ1) is 9.63. The molecule has 0 aliphatic rings. The fourth-order valence-electron chi connectivity index (χ4n) is 1.77. The van der Waals surface area contributed by atoms with Crippen molar-refractivity contribution in [3.8, 4) is 0 Å². The van der Waals surface area contributed by atoms with E-state index in [1.807, 2.05) is 6.07 Å². The average molecular weight is 274 g/mol. The predicted molar refractivity (Wildman–Crippen MR) is 71.7 cm³/mol. The van der Waals surface area contributed by atoms with Gasteiger partial charge in [-0.1, -0.05) is 18.2 Å². The summed E-state index contributed by atoms with van der Waals surface area (Å²) in [5.41, 5.74) is 3.16. The third-order valence-electron chi connectivity index (χ3n) is 2.72. The molecule has 0 aliphatic heterocycles. The van der Waals surface area contributed by atoms with Gasteiger partial charge in [-0.15, -0.1) is 4.68 Å².